The van der Waals surface area contributed by atoms with E-state index in [9.17, 15) is 18.8 Å². The third-order valence-electron chi connectivity index (χ3n) is 7.38. The van der Waals surface area contributed by atoms with Crippen LogP contribution in [0.1, 0.15) is 29.8 Å². The Morgan fingerprint density at radius 1 is 0.949 bits per heavy atom. The Morgan fingerprint density at radius 2 is 1.64 bits per heavy atom. The molecule has 199 valence electrons. The average molecular weight is 542 g/mol. The van der Waals surface area contributed by atoms with Crippen LogP contribution in [0.25, 0.3) is 10.9 Å². The molecule has 0 spiro atoms. The van der Waals surface area contributed by atoms with Crippen molar-refractivity contribution in [2.75, 3.05) is 31.5 Å². The number of carbonyl (C=O) groups excluding carboxylic acids is 2. The highest BCUT2D eigenvalue weighted by Crippen LogP contribution is 2.29. The van der Waals surface area contributed by atoms with Crippen LogP contribution in [0.15, 0.2) is 85.1 Å². The van der Waals surface area contributed by atoms with Crippen LogP contribution in [0.5, 0.6) is 0 Å². The number of aromatic nitrogens is 1. The molecule has 3 aromatic carbocycles. The molecule has 0 aliphatic carbocycles. The number of para-hydroxylation sites is 1. The maximum Gasteiger partial charge on any atom is 0.355 e. The maximum atomic E-state index is 13.8. The number of hydrogen-bond donors (Lipinski definition) is 2. The molecule has 1 radical (unpaired) electrons. The molecule has 1 aromatic heterocycles. The van der Waals surface area contributed by atoms with E-state index in [1.165, 1.54) is 6.07 Å². The van der Waals surface area contributed by atoms with Crippen molar-refractivity contribution in [3.8, 4) is 0 Å². The van der Waals surface area contributed by atoms with E-state index in [0.29, 0.717) is 48.1 Å². The lowest BCUT2D eigenvalue weighted by Gasteiger charge is -2.44. The maximum absolute atomic E-state index is 13.8. The summed E-state index contributed by atoms with van der Waals surface area (Å²) < 4.78 is 13.8. The minimum Gasteiger partial charge on any atom is -0.421 e. The highest BCUT2D eigenvalue weighted by Gasteiger charge is 2.33. The number of carbonyl (C=O) groups is 2. The molecule has 2 N–H and O–H groups in total. The molecule has 9 heteroatoms. The van der Waals surface area contributed by atoms with Crippen molar-refractivity contribution < 1.29 is 18.8 Å². The van der Waals surface area contributed by atoms with Gasteiger partial charge in [0.05, 0.1) is 5.52 Å². The molecule has 1 aliphatic heterocycles. The minimum atomic E-state index is -2.56. The summed E-state index contributed by atoms with van der Waals surface area (Å²) in [6, 6.07) is 22.5. The largest absolute Gasteiger partial charge is 0.421 e. The highest BCUT2D eigenvalue weighted by atomic mass is 28.3. The zero-order chi connectivity index (χ0) is 27.6. The first-order valence-corrected chi connectivity index (χ1v) is 14.3. The Hall–Kier alpha value is -3.92. The number of halogens is 1. The smallest absolute Gasteiger partial charge is 0.355 e. The van der Waals surface area contributed by atoms with Gasteiger partial charge in [-0.3, -0.25) is 19.5 Å². The van der Waals surface area contributed by atoms with E-state index in [1.54, 1.807) is 54.7 Å². The first-order valence-electron chi connectivity index (χ1n) is 12.9. The lowest BCUT2D eigenvalue weighted by Crippen LogP contribution is -2.54. The summed E-state index contributed by atoms with van der Waals surface area (Å²) in [5, 5.41) is 4.15. The van der Waals surface area contributed by atoms with Gasteiger partial charge >= 0.3 is 9.04 Å². The second-order valence-corrected chi connectivity index (χ2v) is 11.8. The van der Waals surface area contributed by atoms with Crippen molar-refractivity contribution in [2.45, 2.75) is 19.4 Å². The normalized spacial score (nSPS) is 14.5. The molecule has 2 amide bonds. The summed E-state index contributed by atoms with van der Waals surface area (Å²) in [5.74, 6) is -0.333. The van der Waals surface area contributed by atoms with Crippen molar-refractivity contribution in [1.29, 1.82) is 0 Å². The molecular weight excluding hydrogens is 511 g/mol. The molecule has 0 saturated carbocycles. The van der Waals surface area contributed by atoms with Gasteiger partial charge in [-0.05, 0) is 61.9 Å². The fourth-order valence-corrected chi connectivity index (χ4v) is 6.20. The Morgan fingerprint density at radius 3 is 2.36 bits per heavy atom. The molecule has 1 aliphatic rings. The van der Waals surface area contributed by atoms with Crippen LogP contribution in [-0.2, 0) is 5.54 Å². The van der Waals surface area contributed by atoms with E-state index >= 15 is 0 Å². The van der Waals surface area contributed by atoms with Crippen LogP contribution in [0.3, 0.4) is 0 Å². The van der Waals surface area contributed by atoms with Crippen molar-refractivity contribution in [3.63, 3.8) is 0 Å². The van der Waals surface area contributed by atoms with Crippen molar-refractivity contribution in [2.24, 2.45) is 0 Å². The van der Waals surface area contributed by atoms with Gasteiger partial charge in [-0.15, -0.1) is 0 Å². The summed E-state index contributed by atoms with van der Waals surface area (Å²) in [7, 11) is -2.56. The molecule has 1 saturated heterocycles. The molecule has 7 nitrogen and oxygen atoms in total. The Balaban J connectivity index is 1.19. The predicted molar refractivity (Wildman–Crippen MR) is 152 cm³/mol. The quantitative estimate of drug-likeness (QED) is 0.360. The molecule has 0 bridgehead atoms. The third-order valence-corrected chi connectivity index (χ3v) is 8.85. The number of amides is 2. The molecule has 4 aromatic rings. The Bertz CT molecular complexity index is 1500. The number of fused-ring (bicyclic) bond motifs is 1. The fourth-order valence-electron chi connectivity index (χ4n) is 5.01. The van der Waals surface area contributed by atoms with Gasteiger partial charge in [0, 0.05) is 59.7 Å². The van der Waals surface area contributed by atoms with E-state index < -0.39 is 14.6 Å². The lowest BCUT2D eigenvalue weighted by molar-refractivity contribution is 0.0391. The van der Waals surface area contributed by atoms with Gasteiger partial charge in [0.15, 0.2) is 0 Å². The Labute approximate surface area is 228 Å². The second kappa shape index (κ2) is 11.1. The van der Waals surface area contributed by atoms with Crippen molar-refractivity contribution >= 4 is 42.3 Å². The molecule has 1 fully saturated rings. The number of pyridine rings is 1. The van der Waals surface area contributed by atoms with Gasteiger partial charge in [-0.2, -0.15) is 0 Å². The van der Waals surface area contributed by atoms with Gasteiger partial charge in [-0.1, -0.05) is 36.4 Å². The zero-order valence-corrected chi connectivity index (χ0v) is 22.9. The highest BCUT2D eigenvalue weighted by molar-refractivity contribution is 6.96. The summed E-state index contributed by atoms with van der Waals surface area (Å²) in [6.45, 7) is 6.61. The summed E-state index contributed by atoms with van der Waals surface area (Å²) in [5.41, 5.74) is 1.72. The standard InChI is InChI=1S/C30H30FN4O3Si/c1-30(2,23-8-4-9-24(31)20-23)35-18-16-34(17-19-35)28(36)22-11-13-25(14-12-22)33-29(37)39(38)26-10-3-6-21-7-5-15-32-27(21)26/h3-15,20,38H,16-19H2,1-2H3,(H,33,37). The number of nitrogens with one attached hydrogen (secondary N) is 1. The molecule has 2 heterocycles. The number of nitrogens with zero attached hydrogens (tertiary/aromatic N) is 3. The zero-order valence-electron chi connectivity index (χ0n) is 21.9. The molecule has 0 atom stereocenters. The van der Waals surface area contributed by atoms with Crippen LogP contribution in [-0.4, -0.2) is 66.2 Å². The Kier molecular flexibility index (Phi) is 7.56. The third kappa shape index (κ3) is 5.61. The van der Waals surface area contributed by atoms with Gasteiger partial charge < -0.3 is 15.0 Å². The summed E-state index contributed by atoms with van der Waals surface area (Å²) in [6.07, 6.45) is 1.64. The number of benzene rings is 3. The van der Waals surface area contributed by atoms with Crippen LogP contribution in [0.4, 0.5) is 14.9 Å². The number of hydrogen-bond acceptors (Lipinski definition) is 5. The van der Waals surface area contributed by atoms with Crippen LogP contribution >= 0.6 is 0 Å². The fraction of sp³-hybridized carbons (Fsp3) is 0.233. The number of anilines is 1. The van der Waals surface area contributed by atoms with Gasteiger partial charge in [0.25, 0.3) is 5.91 Å². The average Bonchev–Trinajstić information content (AvgIpc) is 2.96. The number of rotatable bonds is 6. The second-order valence-electron chi connectivity index (χ2n) is 10.1. The van der Waals surface area contributed by atoms with E-state index in [4.69, 9.17) is 0 Å². The van der Waals surface area contributed by atoms with Crippen molar-refractivity contribution in [3.05, 3.63) is 102 Å². The lowest BCUT2D eigenvalue weighted by atomic mass is 9.91. The predicted octanol–water partition coefficient (Wildman–Crippen LogP) is 4.07. The van der Waals surface area contributed by atoms with Crippen LogP contribution in [0, 0.1) is 5.82 Å². The van der Waals surface area contributed by atoms with Gasteiger partial charge in [-0.25, -0.2) is 4.39 Å². The first-order chi connectivity index (χ1) is 18.7. The van der Waals surface area contributed by atoms with Crippen LogP contribution in [0.2, 0.25) is 0 Å². The monoisotopic (exact) mass is 541 g/mol. The van der Waals surface area contributed by atoms with Gasteiger partial charge in [0.1, 0.15) is 5.82 Å². The minimum absolute atomic E-state index is 0.0789. The van der Waals surface area contributed by atoms with E-state index in [1.807, 2.05) is 29.2 Å². The first kappa shape index (κ1) is 26.7. The molecule has 39 heavy (non-hydrogen) atoms. The molecule has 0 unspecified atom stereocenters. The number of piperazine rings is 1. The van der Waals surface area contributed by atoms with Crippen molar-refractivity contribution in [1.82, 2.24) is 14.8 Å². The topological polar surface area (TPSA) is 85.8 Å². The van der Waals surface area contributed by atoms with E-state index in [-0.39, 0.29) is 17.3 Å². The van der Waals surface area contributed by atoms with E-state index in [2.05, 4.69) is 29.0 Å². The summed E-state index contributed by atoms with van der Waals surface area (Å²) in [4.78, 5) is 45.2. The summed E-state index contributed by atoms with van der Waals surface area (Å²) >= 11 is 0. The molecular formula is C30H30FN4O3Si. The van der Waals surface area contributed by atoms with Crippen LogP contribution < -0.4 is 10.5 Å². The molecule has 5 rings (SSSR count). The van der Waals surface area contributed by atoms with Gasteiger partial charge in [0.2, 0.25) is 5.53 Å². The van der Waals surface area contributed by atoms with E-state index in [0.717, 1.165) is 10.9 Å². The SMILES string of the molecule is CC(C)(c1cccc(F)c1)N1CCN(C(=O)c2ccc(NC(=O)[Si](O)c3cccc4cccnc34)cc2)CC1.